The lowest BCUT2D eigenvalue weighted by molar-refractivity contribution is -0.137. The van der Waals surface area contributed by atoms with E-state index in [1.54, 1.807) is 6.92 Å². The minimum Gasteiger partial charge on any atom is -0.360 e. The van der Waals surface area contributed by atoms with E-state index in [0.29, 0.717) is 0 Å². The molecule has 0 aromatic heterocycles. The van der Waals surface area contributed by atoms with Crippen molar-refractivity contribution in [2.45, 2.75) is 25.3 Å². The molecule has 4 N–H and O–H groups in total. The molecular formula is C19H18F6N4S2. The van der Waals surface area contributed by atoms with Gasteiger partial charge in [-0.1, -0.05) is 24.3 Å². The summed E-state index contributed by atoms with van der Waals surface area (Å²) in [5, 5.41) is 10.4. The third-order valence-corrected chi connectivity index (χ3v) is 4.37. The fraction of sp³-hybridized carbons (Fsp3) is 0.263. The minimum atomic E-state index is -4.54. The number of nitrogens with one attached hydrogen (secondary N) is 4. The van der Waals surface area contributed by atoms with Gasteiger partial charge in [0.2, 0.25) is 0 Å². The van der Waals surface area contributed by atoms with Crippen LogP contribution in [0.3, 0.4) is 0 Å². The van der Waals surface area contributed by atoms with Crippen molar-refractivity contribution in [2.24, 2.45) is 0 Å². The summed E-state index contributed by atoms with van der Waals surface area (Å²) < 4.78 is 78.2. The minimum absolute atomic E-state index is 0.0488. The molecule has 2 aromatic carbocycles. The summed E-state index contributed by atoms with van der Waals surface area (Å²) >= 11 is 10.1. The molecular weight excluding hydrogens is 462 g/mol. The molecule has 0 amide bonds. The summed E-state index contributed by atoms with van der Waals surface area (Å²) in [6.45, 7) is 1.81. The number of hydrogen-bond donors (Lipinski definition) is 4. The van der Waals surface area contributed by atoms with Gasteiger partial charge >= 0.3 is 12.4 Å². The Hall–Kier alpha value is -2.60. The van der Waals surface area contributed by atoms with Crippen LogP contribution in [0, 0.1) is 0 Å². The van der Waals surface area contributed by atoms with Crippen molar-refractivity contribution in [3.05, 3.63) is 59.7 Å². The highest BCUT2D eigenvalue weighted by molar-refractivity contribution is 7.80. The Morgan fingerprint density at radius 3 is 1.65 bits per heavy atom. The summed E-state index contributed by atoms with van der Waals surface area (Å²) in [7, 11) is 0. The van der Waals surface area contributed by atoms with E-state index in [0.717, 1.165) is 12.1 Å². The summed E-state index contributed by atoms with van der Waals surface area (Å²) in [6, 6.07) is 9.35. The molecule has 0 bridgehead atoms. The van der Waals surface area contributed by atoms with Crippen LogP contribution in [0.4, 0.5) is 37.7 Å². The Balaban J connectivity index is 1.88. The molecule has 0 aliphatic heterocycles. The van der Waals surface area contributed by atoms with Crippen LogP contribution in [0.2, 0.25) is 0 Å². The highest BCUT2D eigenvalue weighted by Gasteiger charge is 2.34. The maximum atomic E-state index is 13.0. The molecule has 31 heavy (non-hydrogen) atoms. The normalized spacial score (nSPS) is 12.6. The number of benzene rings is 2. The summed E-state index contributed by atoms with van der Waals surface area (Å²) in [5.41, 5.74) is -2.12. The van der Waals surface area contributed by atoms with Gasteiger partial charge < -0.3 is 21.3 Å². The molecule has 0 saturated carbocycles. The van der Waals surface area contributed by atoms with Gasteiger partial charge in [0.05, 0.1) is 22.5 Å². The molecule has 0 aliphatic carbocycles. The first-order valence-electron chi connectivity index (χ1n) is 8.82. The maximum Gasteiger partial charge on any atom is 0.418 e. The van der Waals surface area contributed by atoms with E-state index < -0.39 is 29.5 Å². The molecule has 0 saturated heterocycles. The van der Waals surface area contributed by atoms with Gasteiger partial charge in [0.15, 0.2) is 10.2 Å². The van der Waals surface area contributed by atoms with Gasteiger partial charge in [0.1, 0.15) is 0 Å². The standard InChI is InChI=1S/C19H18F6N4S2/c1-11(27-17(31)29-15-9-5-3-7-13(15)19(23,24)25)10-26-16(30)28-14-8-4-2-6-12(14)18(20,21)22/h2-9,11H,10H2,1H3,(H2,26,28,30)(H2,27,29,31). The van der Waals surface area contributed by atoms with E-state index in [2.05, 4.69) is 21.3 Å². The molecule has 168 valence electrons. The predicted octanol–water partition coefficient (Wildman–Crippen LogP) is 5.39. The van der Waals surface area contributed by atoms with Gasteiger partial charge in [-0.25, -0.2) is 0 Å². The second kappa shape index (κ2) is 10.1. The largest absolute Gasteiger partial charge is 0.418 e. The number of anilines is 2. The van der Waals surface area contributed by atoms with Gasteiger partial charge in [-0.15, -0.1) is 0 Å². The molecule has 0 aliphatic rings. The molecule has 1 unspecified atom stereocenters. The zero-order chi connectivity index (χ0) is 23.2. The van der Waals surface area contributed by atoms with Crippen molar-refractivity contribution in [1.82, 2.24) is 10.6 Å². The van der Waals surface area contributed by atoms with Gasteiger partial charge in [-0.05, 0) is 55.6 Å². The van der Waals surface area contributed by atoms with Crippen molar-refractivity contribution in [3.63, 3.8) is 0 Å². The quantitative estimate of drug-likeness (QED) is 0.340. The van der Waals surface area contributed by atoms with Crippen molar-refractivity contribution in [3.8, 4) is 0 Å². The van der Waals surface area contributed by atoms with E-state index in [9.17, 15) is 26.3 Å². The highest BCUT2D eigenvalue weighted by atomic mass is 32.1. The second-order valence-corrected chi connectivity index (χ2v) is 7.24. The topological polar surface area (TPSA) is 48.1 Å². The number of thiocarbonyl (C=S) groups is 2. The zero-order valence-electron chi connectivity index (χ0n) is 16.0. The van der Waals surface area contributed by atoms with Crippen molar-refractivity contribution in [1.29, 1.82) is 0 Å². The maximum absolute atomic E-state index is 13.0. The van der Waals surface area contributed by atoms with E-state index in [-0.39, 0.29) is 28.1 Å². The molecule has 0 radical (unpaired) electrons. The predicted molar refractivity (Wildman–Crippen MR) is 116 cm³/mol. The van der Waals surface area contributed by atoms with Crippen LogP contribution in [0.15, 0.2) is 48.5 Å². The Morgan fingerprint density at radius 1 is 0.774 bits per heavy atom. The smallest absolute Gasteiger partial charge is 0.360 e. The lowest BCUT2D eigenvalue weighted by Gasteiger charge is -2.21. The summed E-state index contributed by atoms with van der Waals surface area (Å²) in [5.74, 6) is 0. The molecule has 12 heteroatoms. The zero-order valence-corrected chi connectivity index (χ0v) is 17.6. The fourth-order valence-corrected chi connectivity index (χ4v) is 3.03. The second-order valence-electron chi connectivity index (χ2n) is 6.42. The van der Waals surface area contributed by atoms with Crippen LogP contribution in [0.25, 0.3) is 0 Å². The Kier molecular flexibility index (Phi) is 8.07. The first-order chi connectivity index (χ1) is 14.4. The Labute approximate surface area is 185 Å². The number of hydrogen-bond acceptors (Lipinski definition) is 2. The van der Waals surface area contributed by atoms with Crippen LogP contribution in [0.5, 0.6) is 0 Å². The van der Waals surface area contributed by atoms with Crippen LogP contribution < -0.4 is 21.3 Å². The van der Waals surface area contributed by atoms with E-state index in [1.165, 1.54) is 36.4 Å². The van der Waals surface area contributed by atoms with Crippen LogP contribution in [0.1, 0.15) is 18.1 Å². The number of alkyl halides is 6. The molecule has 0 fully saturated rings. The molecule has 1 atom stereocenters. The number of rotatable bonds is 5. The average molecular weight is 481 g/mol. The van der Waals surface area contributed by atoms with E-state index in [1.807, 2.05) is 0 Å². The number of para-hydroxylation sites is 2. The van der Waals surface area contributed by atoms with Crippen LogP contribution >= 0.6 is 24.4 Å². The molecule has 2 rings (SSSR count). The van der Waals surface area contributed by atoms with Crippen molar-refractivity contribution < 1.29 is 26.3 Å². The van der Waals surface area contributed by atoms with Crippen LogP contribution in [-0.4, -0.2) is 22.8 Å². The van der Waals surface area contributed by atoms with E-state index >= 15 is 0 Å². The first-order valence-corrected chi connectivity index (χ1v) is 9.64. The third kappa shape index (κ3) is 7.55. The number of halogens is 6. The lowest BCUT2D eigenvalue weighted by Crippen LogP contribution is -2.44. The Morgan fingerprint density at radius 2 is 1.19 bits per heavy atom. The van der Waals surface area contributed by atoms with Gasteiger partial charge in [-0.3, -0.25) is 0 Å². The third-order valence-electron chi connectivity index (χ3n) is 3.91. The first kappa shape index (κ1) is 24.7. The monoisotopic (exact) mass is 480 g/mol. The molecule has 2 aromatic rings. The molecule has 0 spiro atoms. The van der Waals surface area contributed by atoms with Crippen molar-refractivity contribution in [2.75, 3.05) is 17.2 Å². The lowest BCUT2D eigenvalue weighted by atomic mass is 10.1. The molecule has 0 heterocycles. The average Bonchev–Trinajstić information content (AvgIpc) is 2.65. The van der Waals surface area contributed by atoms with Gasteiger partial charge in [0, 0.05) is 12.6 Å². The SMILES string of the molecule is CC(CNC(=S)Nc1ccccc1C(F)(F)F)NC(=S)Nc1ccccc1C(F)(F)F. The Bertz CT molecular complexity index is 930. The van der Waals surface area contributed by atoms with Crippen LogP contribution in [-0.2, 0) is 12.4 Å². The van der Waals surface area contributed by atoms with E-state index in [4.69, 9.17) is 24.4 Å². The summed E-state index contributed by atoms with van der Waals surface area (Å²) in [6.07, 6.45) is -9.09. The van der Waals surface area contributed by atoms with Crippen molar-refractivity contribution >= 4 is 46.0 Å². The molecule has 4 nitrogen and oxygen atoms in total. The van der Waals surface area contributed by atoms with Gasteiger partial charge in [0.25, 0.3) is 0 Å². The van der Waals surface area contributed by atoms with Gasteiger partial charge in [-0.2, -0.15) is 26.3 Å². The summed E-state index contributed by atoms with van der Waals surface area (Å²) in [4.78, 5) is 0. The fourth-order valence-electron chi connectivity index (χ4n) is 2.52. The highest BCUT2D eigenvalue weighted by Crippen LogP contribution is 2.35.